The van der Waals surface area contributed by atoms with Gasteiger partial charge in [0.05, 0.1) is 22.2 Å². The Bertz CT molecular complexity index is 716. The van der Waals surface area contributed by atoms with Gasteiger partial charge in [0.25, 0.3) is 0 Å². The van der Waals surface area contributed by atoms with Crippen LogP contribution in [0.1, 0.15) is 18.9 Å². The van der Waals surface area contributed by atoms with E-state index in [1.54, 1.807) is 6.92 Å². The van der Waals surface area contributed by atoms with Crippen LogP contribution in [0.3, 0.4) is 0 Å². The average molecular weight is 406 g/mol. The molecule has 1 aromatic carbocycles. The molecule has 1 heterocycles. The van der Waals surface area contributed by atoms with Crippen LogP contribution < -0.4 is 9.47 Å². The molecular formula is C14H10Cl3F3O4. The van der Waals surface area contributed by atoms with E-state index in [4.69, 9.17) is 49.4 Å². The molecule has 0 aliphatic carbocycles. The topological polar surface area (TPSA) is 55.8 Å². The molecule has 1 aliphatic rings. The fourth-order valence-electron chi connectivity index (χ4n) is 2.04. The third-order valence-corrected chi connectivity index (χ3v) is 4.41. The molecule has 0 saturated heterocycles. The summed E-state index contributed by atoms with van der Waals surface area (Å²) in [5, 5.41) is 8.44. The van der Waals surface area contributed by atoms with Gasteiger partial charge in [-0.1, -0.05) is 41.7 Å². The molecule has 1 aliphatic heterocycles. The highest BCUT2D eigenvalue weighted by molar-refractivity contribution is 6.49. The average Bonchev–Trinajstić information content (AvgIpc) is 2.50. The molecule has 0 spiro atoms. The zero-order chi connectivity index (χ0) is 18.2. The van der Waals surface area contributed by atoms with Crippen LogP contribution in [-0.4, -0.2) is 30.0 Å². The molecule has 1 unspecified atom stereocenters. The predicted octanol–water partition coefficient (Wildman–Crippen LogP) is 5.23. The maximum Gasteiger partial charge on any atom is 0.430 e. The number of ether oxygens (including phenoxy) is 2. The molecule has 10 heteroatoms. The van der Waals surface area contributed by atoms with E-state index in [9.17, 15) is 18.0 Å². The highest BCUT2D eigenvalue weighted by Crippen LogP contribution is 2.52. The van der Waals surface area contributed by atoms with Crippen molar-refractivity contribution < 1.29 is 32.5 Å². The number of carboxylic acids is 1. The van der Waals surface area contributed by atoms with E-state index in [1.165, 1.54) is 0 Å². The van der Waals surface area contributed by atoms with Gasteiger partial charge in [0.1, 0.15) is 5.02 Å². The summed E-state index contributed by atoms with van der Waals surface area (Å²) >= 11 is 17.9. The highest BCUT2D eigenvalue weighted by Gasteiger charge is 2.49. The van der Waals surface area contributed by atoms with Crippen molar-refractivity contribution >= 4 is 46.8 Å². The van der Waals surface area contributed by atoms with Crippen LogP contribution in [0.2, 0.25) is 15.1 Å². The highest BCUT2D eigenvalue weighted by atomic mass is 35.5. The zero-order valence-electron chi connectivity index (χ0n) is 12.0. The van der Waals surface area contributed by atoms with Crippen LogP contribution in [0.4, 0.5) is 13.2 Å². The van der Waals surface area contributed by atoms with Crippen molar-refractivity contribution in [3.63, 3.8) is 0 Å². The van der Waals surface area contributed by atoms with E-state index in [0.29, 0.717) is 6.42 Å². The molecule has 1 aromatic rings. The predicted molar refractivity (Wildman–Crippen MR) is 83.3 cm³/mol. The fraction of sp³-hybridized carbons (Fsp3) is 0.357. The zero-order valence-corrected chi connectivity index (χ0v) is 14.3. The Labute approximate surface area is 149 Å². The first-order chi connectivity index (χ1) is 11.1. The SMILES string of the molecule is CCCOc1c(Cl)c(Cl)c(Cl)c2c1OC(C(F)(F)F)C(C(=O)O)=C2. The molecule has 132 valence electrons. The molecule has 24 heavy (non-hydrogen) atoms. The van der Waals surface area contributed by atoms with Gasteiger partial charge in [-0.05, 0) is 12.5 Å². The number of benzene rings is 1. The Morgan fingerprint density at radius 3 is 2.42 bits per heavy atom. The smallest absolute Gasteiger partial charge is 0.430 e. The van der Waals surface area contributed by atoms with Crippen LogP contribution in [0.25, 0.3) is 6.08 Å². The maximum atomic E-state index is 13.1. The number of hydrogen-bond donors (Lipinski definition) is 1. The quantitative estimate of drug-likeness (QED) is 0.697. The lowest BCUT2D eigenvalue weighted by Gasteiger charge is -2.29. The Kier molecular flexibility index (Phi) is 5.47. The van der Waals surface area contributed by atoms with Gasteiger partial charge < -0.3 is 14.6 Å². The number of alkyl halides is 3. The molecule has 1 N–H and O–H groups in total. The lowest BCUT2D eigenvalue weighted by Crippen LogP contribution is -2.40. The van der Waals surface area contributed by atoms with E-state index >= 15 is 0 Å². The summed E-state index contributed by atoms with van der Waals surface area (Å²) in [7, 11) is 0. The number of aliphatic carboxylic acids is 1. The van der Waals surface area contributed by atoms with Crippen molar-refractivity contribution in [2.45, 2.75) is 25.6 Å². The van der Waals surface area contributed by atoms with Crippen LogP contribution in [0.15, 0.2) is 5.57 Å². The summed E-state index contributed by atoms with van der Waals surface area (Å²) in [6.07, 6.45) is -6.32. The maximum absolute atomic E-state index is 13.1. The molecule has 0 fully saturated rings. The minimum absolute atomic E-state index is 0.130. The van der Waals surface area contributed by atoms with Crippen molar-refractivity contribution in [1.82, 2.24) is 0 Å². The largest absolute Gasteiger partial charge is 0.488 e. The Morgan fingerprint density at radius 2 is 1.92 bits per heavy atom. The minimum Gasteiger partial charge on any atom is -0.488 e. The van der Waals surface area contributed by atoms with Gasteiger partial charge in [-0.15, -0.1) is 0 Å². The number of hydrogen-bond acceptors (Lipinski definition) is 3. The first-order valence-electron chi connectivity index (χ1n) is 6.61. The van der Waals surface area contributed by atoms with E-state index in [1.807, 2.05) is 0 Å². The van der Waals surface area contributed by atoms with Crippen LogP contribution in [-0.2, 0) is 4.79 Å². The molecule has 0 bridgehead atoms. The third kappa shape index (κ3) is 3.38. The first kappa shape index (κ1) is 19.0. The summed E-state index contributed by atoms with van der Waals surface area (Å²) in [6.45, 7) is 1.92. The second-order valence-corrected chi connectivity index (χ2v) is 5.94. The van der Waals surface area contributed by atoms with Crippen LogP contribution >= 0.6 is 34.8 Å². The van der Waals surface area contributed by atoms with E-state index < -0.39 is 29.6 Å². The Morgan fingerprint density at radius 1 is 1.29 bits per heavy atom. The molecule has 0 amide bonds. The number of carboxylic acid groups (broad SMARTS) is 1. The third-order valence-electron chi connectivity index (χ3n) is 3.08. The second-order valence-electron chi connectivity index (χ2n) is 4.81. The Hall–Kier alpha value is -1.31. The van der Waals surface area contributed by atoms with Crippen molar-refractivity contribution in [3.05, 3.63) is 26.2 Å². The van der Waals surface area contributed by atoms with E-state index in [0.717, 1.165) is 6.08 Å². The van der Waals surface area contributed by atoms with Crippen molar-refractivity contribution in [3.8, 4) is 11.5 Å². The Balaban J connectivity index is 2.72. The molecule has 2 rings (SSSR count). The summed E-state index contributed by atoms with van der Waals surface area (Å²) in [5.41, 5.74) is -1.15. The molecular weight excluding hydrogens is 396 g/mol. The van der Waals surface area contributed by atoms with E-state index in [2.05, 4.69) is 0 Å². The summed E-state index contributed by atoms with van der Waals surface area (Å²) in [6, 6.07) is 0. The van der Waals surface area contributed by atoms with Crippen LogP contribution in [0, 0.1) is 0 Å². The van der Waals surface area contributed by atoms with Crippen LogP contribution in [0.5, 0.6) is 11.5 Å². The number of rotatable bonds is 4. The fourth-order valence-corrected chi connectivity index (χ4v) is 2.75. The summed E-state index contributed by atoms with van der Waals surface area (Å²) in [5.74, 6) is -2.39. The van der Waals surface area contributed by atoms with Crippen molar-refractivity contribution in [1.29, 1.82) is 0 Å². The second kappa shape index (κ2) is 6.90. The standard InChI is InChI=1S/C14H10Cl3F3O4/c1-2-3-23-11-9(17)8(16)7(15)5-4-6(13(21)22)12(14(18,19)20)24-10(5)11/h4,12H,2-3H2,1H3,(H,21,22). The van der Waals surface area contributed by atoms with E-state index in [-0.39, 0.29) is 33.0 Å². The summed E-state index contributed by atoms with van der Waals surface area (Å²) in [4.78, 5) is 11.2. The molecule has 0 aromatic heterocycles. The number of fused-ring (bicyclic) bond motifs is 1. The van der Waals surface area contributed by atoms with Gasteiger partial charge in [-0.3, -0.25) is 0 Å². The van der Waals surface area contributed by atoms with Gasteiger partial charge in [0, 0.05) is 5.56 Å². The lowest BCUT2D eigenvalue weighted by molar-refractivity contribution is -0.187. The van der Waals surface area contributed by atoms with Crippen molar-refractivity contribution in [2.75, 3.05) is 6.61 Å². The minimum atomic E-state index is -4.96. The lowest BCUT2D eigenvalue weighted by atomic mass is 10.0. The molecule has 1 atom stereocenters. The van der Waals surface area contributed by atoms with Gasteiger partial charge in [0.15, 0.2) is 11.5 Å². The first-order valence-corrected chi connectivity index (χ1v) is 7.74. The molecule has 0 radical (unpaired) electrons. The number of halogens is 6. The van der Waals surface area contributed by atoms with Crippen molar-refractivity contribution in [2.24, 2.45) is 0 Å². The monoisotopic (exact) mass is 404 g/mol. The van der Waals surface area contributed by atoms with Gasteiger partial charge >= 0.3 is 12.1 Å². The van der Waals surface area contributed by atoms with Gasteiger partial charge in [-0.25, -0.2) is 4.79 Å². The number of carbonyl (C=O) groups is 1. The molecule has 0 saturated carbocycles. The van der Waals surface area contributed by atoms with Gasteiger partial charge in [0.2, 0.25) is 6.10 Å². The normalized spacial score (nSPS) is 17.0. The molecule has 4 nitrogen and oxygen atoms in total. The summed E-state index contributed by atoms with van der Waals surface area (Å²) < 4.78 is 49.7. The van der Waals surface area contributed by atoms with Gasteiger partial charge in [-0.2, -0.15) is 13.2 Å².